The average molecular weight is 232 g/mol. The summed E-state index contributed by atoms with van der Waals surface area (Å²) < 4.78 is 0. The van der Waals surface area contributed by atoms with Gasteiger partial charge in [0.15, 0.2) is 5.65 Å². The number of anilines is 1. The van der Waals surface area contributed by atoms with E-state index in [4.69, 9.17) is 0 Å². The summed E-state index contributed by atoms with van der Waals surface area (Å²) >= 11 is 0. The van der Waals surface area contributed by atoms with Gasteiger partial charge in [-0.2, -0.15) is 4.98 Å². The van der Waals surface area contributed by atoms with Crippen molar-refractivity contribution < 1.29 is 9.90 Å². The van der Waals surface area contributed by atoms with Gasteiger partial charge in [-0.05, 0) is 12.1 Å². The lowest BCUT2D eigenvalue weighted by molar-refractivity contribution is 0.0960. The molecular weight excluding hydrogens is 220 g/mol. The molecule has 0 bridgehead atoms. The summed E-state index contributed by atoms with van der Waals surface area (Å²) in [5, 5.41) is 15.8. The van der Waals surface area contributed by atoms with Gasteiger partial charge in [0.25, 0.3) is 5.91 Å². The zero-order chi connectivity index (χ0) is 12.4. The first-order chi connectivity index (χ1) is 8.17. The van der Waals surface area contributed by atoms with Gasteiger partial charge in [0.05, 0.1) is 0 Å². The lowest BCUT2D eigenvalue weighted by Gasteiger charge is -2.07. The lowest BCUT2D eigenvalue weighted by atomic mass is 10.1. The molecule has 0 aliphatic rings. The first-order valence-corrected chi connectivity index (χ1v) is 5.06. The monoisotopic (exact) mass is 232 g/mol. The third-order valence-electron chi connectivity index (χ3n) is 2.45. The molecule has 6 nitrogen and oxygen atoms in total. The SMILES string of the molecule is CNC(=O)c1cc2c(NC)ccnc2nc1O. The first kappa shape index (κ1) is 11.1. The highest BCUT2D eigenvalue weighted by molar-refractivity contribution is 6.01. The largest absolute Gasteiger partial charge is 0.493 e. The second-order valence-corrected chi connectivity index (χ2v) is 3.42. The number of amides is 1. The maximum atomic E-state index is 11.5. The molecule has 0 saturated heterocycles. The zero-order valence-electron chi connectivity index (χ0n) is 9.48. The van der Waals surface area contributed by atoms with Crippen molar-refractivity contribution in [2.24, 2.45) is 0 Å². The van der Waals surface area contributed by atoms with Crippen LogP contribution in [0.25, 0.3) is 11.0 Å². The summed E-state index contributed by atoms with van der Waals surface area (Å²) in [5.74, 6) is -0.708. The Kier molecular flexibility index (Phi) is 2.78. The van der Waals surface area contributed by atoms with E-state index in [1.807, 2.05) is 0 Å². The zero-order valence-corrected chi connectivity index (χ0v) is 9.48. The first-order valence-electron chi connectivity index (χ1n) is 5.06. The topological polar surface area (TPSA) is 87.1 Å². The van der Waals surface area contributed by atoms with E-state index in [0.29, 0.717) is 11.0 Å². The van der Waals surface area contributed by atoms with E-state index in [-0.39, 0.29) is 17.4 Å². The number of nitrogens with one attached hydrogen (secondary N) is 2. The number of hydrogen-bond acceptors (Lipinski definition) is 5. The van der Waals surface area contributed by atoms with E-state index < -0.39 is 0 Å². The van der Waals surface area contributed by atoms with Crippen LogP contribution in [0.4, 0.5) is 5.69 Å². The van der Waals surface area contributed by atoms with E-state index in [0.717, 1.165) is 5.69 Å². The molecule has 6 heteroatoms. The third kappa shape index (κ3) is 1.84. The minimum Gasteiger partial charge on any atom is -0.493 e. The van der Waals surface area contributed by atoms with Crippen LogP contribution >= 0.6 is 0 Å². The average Bonchev–Trinajstić information content (AvgIpc) is 2.36. The number of rotatable bonds is 2. The number of fused-ring (bicyclic) bond motifs is 1. The van der Waals surface area contributed by atoms with Crippen LogP contribution in [0.2, 0.25) is 0 Å². The Bertz CT molecular complexity index is 583. The Morgan fingerprint density at radius 2 is 2.18 bits per heavy atom. The van der Waals surface area contributed by atoms with Gasteiger partial charge in [-0.3, -0.25) is 4.79 Å². The molecule has 2 heterocycles. The smallest absolute Gasteiger partial charge is 0.256 e. The predicted molar refractivity (Wildman–Crippen MR) is 64.1 cm³/mol. The van der Waals surface area contributed by atoms with Crippen molar-refractivity contribution in [1.29, 1.82) is 0 Å². The number of nitrogens with zero attached hydrogens (tertiary/aromatic N) is 2. The molecule has 3 N–H and O–H groups in total. The molecule has 0 fully saturated rings. The molecule has 88 valence electrons. The quantitative estimate of drug-likeness (QED) is 0.710. The summed E-state index contributed by atoms with van der Waals surface area (Å²) in [4.78, 5) is 19.5. The van der Waals surface area contributed by atoms with Crippen LogP contribution in [0.15, 0.2) is 18.3 Å². The van der Waals surface area contributed by atoms with Crippen LogP contribution in [0.1, 0.15) is 10.4 Å². The molecule has 0 atom stereocenters. The molecule has 0 unspecified atom stereocenters. The maximum absolute atomic E-state index is 11.5. The Balaban J connectivity index is 2.72. The molecule has 17 heavy (non-hydrogen) atoms. The number of aromatic hydroxyl groups is 1. The van der Waals surface area contributed by atoms with Crippen molar-refractivity contribution in [3.8, 4) is 5.88 Å². The predicted octanol–water partition coefficient (Wildman–Crippen LogP) is 0.737. The van der Waals surface area contributed by atoms with Crippen LogP contribution in [-0.2, 0) is 0 Å². The van der Waals surface area contributed by atoms with Gasteiger partial charge in [-0.1, -0.05) is 0 Å². The Morgan fingerprint density at radius 1 is 1.41 bits per heavy atom. The maximum Gasteiger partial charge on any atom is 0.256 e. The second-order valence-electron chi connectivity index (χ2n) is 3.42. The molecule has 0 saturated carbocycles. The number of pyridine rings is 2. The number of hydrogen-bond donors (Lipinski definition) is 3. The van der Waals surface area contributed by atoms with Crippen molar-refractivity contribution in [3.63, 3.8) is 0 Å². The summed E-state index contributed by atoms with van der Waals surface area (Å²) in [5.41, 5.74) is 1.32. The van der Waals surface area contributed by atoms with E-state index in [1.54, 1.807) is 25.4 Å². The molecule has 0 aromatic carbocycles. The fourth-order valence-electron chi connectivity index (χ4n) is 1.58. The van der Waals surface area contributed by atoms with Gasteiger partial charge < -0.3 is 15.7 Å². The Morgan fingerprint density at radius 3 is 2.82 bits per heavy atom. The number of carbonyl (C=O) groups excluding carboxylic acids is 1. The van der Waals surface area contributed by atoms with E-state index in [9.17, 15) is 9.90 Å². The van der Waals surface area contributed by atoms with Gasteiger partial charge in [0, 0.05) is 31.4 Å². The summed E-state index contributed by atoms with van der Waals surface area (Å²) in [6.45, 7) is 0. The standard InChI is InChI=1S/C11H12N4O2/c1-12-8-3-4-14-9-6(8)5-7(10(16)13-2)11(17)15-9/h3-5H,1-2H3,(H,13,16)(H2,12,14,15,17). The summed E-state index contributed by atoms with van der Waals surface area (Å²) in [6, 6.07) is 3.34. The Hall–Kier alpha value is -2.37. The lowest BCUT2D eigenvalue weighted by Crippen LogP contribution is -2.18. The molecule has 1 amide bonds. The molecule has 0 aliphatic heterocycles. The Labute approximate surface area is 97.7 Å². The molecule has 0 aliphatic carbocycles. The fourth-order valence-corrected chi connectivity index (χ4v) is 1.58. The number of carbonyl (C=O) groups is 1. The van der Waals surface area contributed by atoms with Gasteiger partial charge in [-0.15, -0.1) is 0 Å². The van der Waals surface area contributed by atoms with E-state index in [2.05, 4.69) is 20.6 Å². The van der Waals surface area contributed by atoms with Crippen LogP contribution < -0.4 is 10.6 Å². The number of aromatic nitrogens is 2. The van der Waals surface area contributed by atoms with Crippen molar-refractivity contribution in [2.75, 3.05) is 19.4 Å². The highest BCUT2D eigenvalue weighted by Gasteiger charge is 2.14. The molecule has 0 radical (unpaired) electrons. The molecule has 2 aromatic rings. The van der Waals surface area contributed by atoms with Crippen LogP contribution in [0, 0.1) is 0 Å². The third-order valence-corrected chi connectivity index (χ3v) is 2.45. The highest BCUT2D eigenvalue weighted by Crippen LogP contribution is 2.25. The van der Waals surface area contributed by atoms with E-state index >= 15 is 0 Å². The minimum atomic E-state index is -0.386. The molecule has 2 aromatic heterocycles. The summed E-state index contributed by atoms with van der Waals surface area (Å²) in [6.07, 6.45) is 1.58. The van der Waals surface area contributed by atoms with Gasteiger partial charge >= 0.3 is 0 Å². The summed E-state index contributed by atoms with van der Waals surface area (Å²) in [7, 11) is 3.26. The van der Waals surface area contributed by atoms with Crippen LogP contribution in [0.3, 0.4) is 0 Å². The molecular formula is C11H12N4O2. The normalized spacial score (nSPS) is 10.2. The van der Waals surface area contributed by atoms with Gasteiger partial charge in [-0.25, -0.2) is 4.98 Å². The van der Waals surface area contributed by atoms with Crippen LogP contribution in [0.5, 0.6) is 5.88 Å². The van der Waals surface area contributed by atoms with Crippen molar-refractivity contribution in [1.82, 2.24) is 15.3 Å². The minimum absolute atomic E-state index is 0.129. The van der Waals surface area contributed by atoms with Crippen molar-refractivity contribution in [3.05, 3.63) is 23.9 Å². The van der Waals surface area contributed by atoms with Crippen LogP contribution in [-0.4, -0.2) is 35.1 Å². The van der Waals surface area contributed by atoms with Crippen molar-refractivity contribution >= 4 is 22.6 Å². The molecule has 0 spiro atoms. The van der Waals surface area contributed by atoms with Crippen molar-refractivity contribution in [2.45, 2.75) is 0 Å². The highest BCUT2D eigenvalue weighted by atomic mass is 16.3. The second kappa shape index (κ2) is 4.25. The molecule has 2 rings (SSSR count). The van der Waals surface area contributed by atoms with Gasteiger partial charge in [0.2, 0.25) is 5.88 Å². The van der Waals surface area contributed by atoms with Gasteiger partial charge in [0.1, 0.15) is 5.56 Å². The van der Waals surface area contributed by atoms with E-state index in [1.165, 1.54) is 7.05 Å². The fraction of sp³-hybridized carbons (Fsp3) is 0.182.